The third-order valence-electron chi connectivity index (χ3n) is 4.05. The maximum atomic E-state index is 12.9. The van der Waals surface area contributed by atoms with Crippen LogP contribution in [-0.4, -0.2) is 42.0 Å². The van der Waals surface area contributed by atoms with Crippen LogP contribution in [0.3, 0.4) is 0 Å². The van der Waals surface area contributed by atoms with E-state index in [9.17, 15) is 31.4 Å². The number of likely N-dealkylation sites (tertiary alicyclic amines) is 1. The molecule has 0 amide bonds. The highest BCUT2D eigenvalue weighted by Gasteiger charge is 2.72. The number of hydrogen-bond donors (Lipinski definition) is 1. The molecule has 1 aliphatic heterocycles. The van der Waals surface area contributed by atoms with Crippen molar-refractivity contribution in [2.24, 2.45) is 5.41 Å². The van der Waals surface area contributed by atoms with Crippen LogP contribution in [0.25, 0.3) is 0 Å². The first-order chi connectivity index (χ1) is 10.1. The van der Waals surface area contributed by atoms with Gasteiger partial charge >= 0.3 is 12.4 Å². The molecule has 0 radical (unpaired) electrons. The van der Waals surface area contributed by atoms with Gasteiger partial charge in [0.25, 0.3) is 0 Å². The van der Waals surface area contributed by atoms with Crippen LogP contribution in [-0.2, 0) is 0 Å². The van der Waals surface area contributed by atoms with Gasteiger partial charge in [-0.2, -0.15) is 26.3 Å². The summed E-state index contributed by atoms with van der Waals surface area (Å²) in [6.45, 7) is -1.80. The molecular weight excluding hydrogens is 312 g/mol. The van der Waals surface area contributed by atoms with E-state index in [-0.39, 0.29) is 13.1 Å². The monoisotopic (exact) mass is 327 g/mol. The van der Waals surface area contributed by atoms with Gasteiger partial charge in [0.05, 0.1) is 6.10 Å². The zero-order valence-electron chi connectivity index (χ0n) is 11.5. The van der Waals surface area contributed by atoms with E-state index in [1.807, 2.05) is 0 Å². The molecule has 0 aromatic heterocycles. The minimum absolute atomic E-state index is 0.266. The second-order valence-corrected chi connectivity index (χ2v) is 5.49. The number of hydrogen-bond acceptors (Lipinski definition) is 2. The van der Waals surface area contributed by atoms with Gasteiger partial charge in [-0.25, -0.2) is 0 Å². The smallest absolute Gasteiger partial charge is 0.387 e. The van der Waals surface area contributed by atoms with Crippen LogP contribution in [0.15, 0.2) is 30.3 Å². The number of benzene rings is 1. The van der Waals surface area contributed by atoms with Crippen molar-refractivity contribution in [1.82, 2.24) is 4.90 Å². The third kappa shape index (κ3) is 3.08. The van der Waals surface area contributed by atoms with Crippen molar-refractivity contribution in [3.8, 4) is 0 Å². The summed E-state index contributed by atoms with van der Waals surface area (Å²) >= 11 is 0. The van der Waals surface area contributed by atoms with Crippen LogP contribution in [0.4, 0.5) is 26.3 Å². The van der Waals surface area contributed by atoms with Crippen molar-refractivity contribution < 1.29 is 31.4 Å². The Kier molecular flexibility index (Phi) is 4.45. The van der Waals surface area contributed by atoms with Gasteiger partial charge in [-0.15, -0.1) is 0 Å². The van der Waals surface area contributed by atoms with Crippen molar-refractivity contribution in [2.75, 3.05) is 19.6 Å². The van der Waals surface area contributed by atoms with Crippen LogP contribution >= 0.6 is 0 Å². The average Bonchev–Trinajstić information content (AvgIpc) is 2.84. The van der Waals surface area contributed by atoms with Gasteiger partial charge in [0, 0.05) is 13.1 Å². The summed E-state index contributed by atoms with van der Waals surface area (Å²) in [6.07, 6.45) is -12.9. The van der Waals surface area contributed by atoms with E-state index in [1.165, 1.54) is 0 Å². The minimum Gasteiger partial charge on any atom is -0.387 e. The Morgan fingerprint density at radius 3 is 2.05 bits per heavy atom. The molecule has 1 atom stereocenters. The molecule has 1 aliphatic rings. The summed E-state index contributed by atoms with van der Waals surface area (Å²) in [5.74, 6) is 0. The van der Waals surface area contributed by atoms with E-state index in [0.29, 0.717) is 5.56 Å². The second-order valence-electron chi connectivity index (χ2n) is 5.49. The quantitative estimate of drug-likeness (QED) is 0.859. The van der Waals surface area contributed by atoms with Gasteiger partial charge in [-0.1, -0.05) is 30.3 Å². The van der Waals surface area contributed by atoms with Gasteiger partial charge in [-0.05, 0) is 18.5 Å². The Hall–Kier alpha value is -1.28. The van der Waals surface area contributed by atoms with Crippen LogP contribution in [0, 0.1) is 5.41 Å². The van der Waals surface area contributed by atoms with E-state index in [4.69, 9.17) is 0 Å². The van der Waals surface area contributed by atoms with Gasteiger partial charge in [0.2, 0.25) is 0 Å². The molecular formula is C14H15F6NO. The zero-order chi connectivity index (χ0) is 16.6. The molecule has 0 saturated carbocycles. The Morgan fingerprint density at radius 1 is 1.05 bits per heavy atom. The first kappa shape index (κ1) is 17.1. The molecule has 1 N–H and O–H groups in total. The minimum atomic E-state index is -5.36. The summed E-state index contributed by atoms with van der Waals surface area (Å²) in [5.41, 5.74) is -3.25. The molecule has 2 nitrogen and oxygen atoms in total. The number of aliphatic hydroxyl groups excluding tert-OH is 1. The Morgan fingerprint density at radius 2 is 1.59 bits per heavy atom. The molecule has 8 heteroatoms. The Bertz CT molecular complexity index is 484. The lowest BCUT2D eigenvalue weighted by Gasteiger charge is -2.34. The van der Waals surface area contributed by atoms with Gasteiger partial charge < -0.3 is 5.11 Å². The first-order valence-electron chi connectivity index (χ1n) is 6.66. The summed E-state index contributed by atoms with van der Waals surface area (Å²) in [7, 11) is 0. The van der Waals surface area contributed by atoms with E-state index in [1.54, 1.807) is 30.3 Å². The fourth-order valence-electron chi connectivity index (χ4n) is 2.69. The number of rotatable bonds is 3. The maximum Gasteiger partial charge on any atom is 0.404 e. The fraction of sp³-hybridized carbons (Fsp3) is 0.571. The van der Waals surface area contributed by atoms with E-state index < -0.39 is 36.8 Å². The standard InChI is InChI=1S/C14H15F6NO/c15-13(16,17)12(14(18,19)20)6-7-21(9-12)8-11(22)10-4-2-1-3-5-10/h1-5,11,22H,6-9H2/t11-/m1/s1. The van der Waals surface area contributed by atoms with Crippen molar-refractivity contribution in [1.29, 1.82) is 0 Å². The molecule has 0 spiro atoms. The Labute approximate surface area is 123 Å². The van der Waals surface area contributed by atoms with Crippen molar-refractivity contribution in [3.63, 3.8) is 0 Å². The second kappa shape index (κ2) is 5.73. The molecule has 0 aliphatic carbocycles. The highest BCUT2D eigenvalue weighted by Crippen LogP contribution is 2.55. The van der Waals surface area contributed by atoms with Crippen LogP contribution < -0.4 is 0 Å². The number of nitrogens with zero attached hydrogens (tertiary/aromatic N) is 1. The molecule has 1 saturated heterocycles. The van der Waals surface area contributed by atoms with Crippen LogP contribution in [0.5, 0.6) is 0 Å². The lowest BCUT2D eigenvalue weighted by Crippen LogP contribution is -2.51. The molecule has 22 heavy (non-hydrogen) atoms. The summed E-state index contributed by atoms with van der Waals surface area (Å²) in [4.78, 5) is 1.01. The predicted octanol–water partition coefficient (Wildman–Crippen LogP) is 3.54. The molecule has 0 unspecified atom stereocenters. The molecule has 1 aromatic carbocycles. The lowest BCUT2D eigenvalue weighted by atomic mass is 9.85. The molecule has 1 aromatic rings. The number of alkyl halides is 6. The van der Waals surface area contributed by atoms with Crippen molar-refractivity contribution in [3.05, 3.63) is 35.9 Å². The summed E-state index contributed by atoms with van der Waals surface area (Å²) < 4.78 is 77.6. The molecule has 0 bridgehead atoms. The van der Waals surface area contributed by atoms with Crippen molar-refractivity contribution in [2.45, 2.75) is 24.9 Å². The maximum absolute atomic E-state index is 12.9. The van der Waals surface area contributed by atoms with E-state index in [0.717, 1.165) is 4.90 Å². The molecule has 124 valence electrons. The largest absolute Gasteiger partial charge is 0.404 e. The molecule has 1 heterocycles. The normalized spacial score (nSPS) is 21.0. The SMILES string of the molecule is O[C@H](CN1CCC(C(F)(F)F)(C(F)(F)F)C1)c1ccccc1. The highest BCUT2D eigenvalue weighted by atomic mass is 19.4. The molecule has 2 rings (SSSR count). The lowest BCUT2D eigenvalue weighted by molar-refractivity contribution is -0.335. The summed E-state index contributed by atoms with van der Waals surface area (Å²) in [6, 6.07) is 8.12. The average molecular weight is 327 g/mol. The number of β-amino-alcohol motifs (C(OH)–C–C–N with tert-alkyl or cyclic N) is 1. The van der Waals surface area contributed by atoms with Gasteiger partial charge in [-0.3, -0.25) is 4.90 Å². The Balaban J connectivity index is 2.11. The predicted molar refractivity (Wildman–Crippen MR) is 67.0 cm³/mol. The van der Waals surface area contributed by atoms with E-state index >= 15 is 0 Å². The third-order valence-corrected chi connectivity index (χ3v) is 4.05. The molecule has 1 fully saturated rings. The van der Waals surface area contributed by atoms with E-state index in [2.05, 4.69) is 0 Å². The number of aliphatic hydroxyl groups is 1. The topological polar surface area (TPSA) is 23.5 Å². The first-order valence-corrected chi connectivity index (χ1v) is 6.66. The van der Waals surface area contributed by atoms with Crippen LogP contribution in [0.1, 0.15) is 18.1 Å². The van der Waals surface area contributed by atoms with Crippen molar-refractivity contribution >= 4 is 0 Å². The summed E-state index contributed by atoms with van der Waals surface area (Å²) in [5, 5.41) is 9.95. The van der Waals surface area contributed by atoms with Gasteiger partial charge in [0.1, 0.15) is 0 Å². The highest BCUT2D eigenvalue weighted by molar-refractivity contribution is 5.17. The number of halogens is 6. The van der Waals surface area contributed by atoms with Gasteiger partial charge in [0.15, 0.2) is 5.41 Å². The fourth-order valence-corrected chi connectivity index (χ4v) is 2.69. The zero-order valence-corrected chi connectivity index (χ0v) is 11.5. The van der Waals surface area contributed by atoms with Crippen LogP contribution in [0.2, 0.25) is 0 Å².